The first-order valence-electron chi connectivity index (χ1n) is 4.29. The van der Waals surface area contributed by atoms with E-state index in [4.69, 9.17) is 4.89 Å². The van der Waals surface area contributed by atoms with Crippen molar-refractivity contribution in [3.63, 3.8) is 0 Å². The summed E-state index contributed by atoms with van der Waals surface area (Å²) < 4.78 is 11.2. The van der Waals surface area contributed by atoms with E-state index in [0.717, 1.165) is 0 Å². The van der Waals surface area contributed by atoms with Gasteiger partial charge in [0.05, 0.1) is 0 Å². The molecule has 0 aromatic carbocycles. The molecular weight excluding hydrogens is 225 g/mol. The summed E-state index contributed by atoms with van der Waals surface area (Å²) >= 11 is 0. The van der Waals surface area contributed by atoms with E-state index < -0.39 is 37.8 Å². The molecule has 0 bridgehead atoms. The van der Waals surface area contributed by atoms with Gasteiger partial charge in [0.25, 0.3) is 7.37 Å². The van der Waals surface area contributed by atoms with Crippen molar-refractivity contribution >= 4 is 19.3 Å². The SMILES string of the molecule is [NH3+]CP(=O)(O)C[C@H](CCC(=O)[O-])C(=O)[O-]. The van der Waals surface area contributed by atoms with Crippen LogP contribution in [0.15, 0.2) is 0 Å². The van der Waals surface area contributed by atoms with Crippen LogP contribution < -0.4 is 15.9 Å². The zero-order chi connectivity index (χ0) is 12.1. The van der Waals surface area contributed by atoms with Gasteiger partial charge >= 0.3 is 0 Å². The van der Waals surface area contributed by atoms with E-state index in [2.05, 4.69) is 5.73 Å². The number of quaternary nitrogens is 1. The van der Waals surface area contributed by atoms with Gasteiger partial charge in [-0.2, -0.15) is 0 Å². The Hall–Kier alpha value is -0.910. The fourth-order valence-corrected chi connectivity index (χ4v) is 2.21. The van der Waals surface area contributed by atoms with E-state index in [0.29, 0.717) is 0 Å². The minimum absolute atomic E-state index is 0.269. The number of rotatable bonds is 7. The van der Waals surface area contributed by atoms with Crippen molar-refractivity contribution in [2.24, 2.45) is 5.92 Å². The average Bonchev–Trinajstić information content (AvgIpc) is 2.11. The highest BCUT2D eigenvalue weighted by molar-refractivity contribution is 7.57. The van der Waals surface area contributed by atoms with Gasteiger partial charge in [-0.25, -0.2) is 0 Å². The fraction of sp³-hybridized carbons (Fsp3) is 0.714. The second-order valence-electron chi connectivity index (χ2n) is 3.18. The monoisotopic (exact) mass is 238 g/mol. The topological polar surface area (TPSA) is 145 Å². The van der Waals surface area contributed by atoms with Crippen LogP contribution in [0, 0.1) is 5.92 Å². The predicted molar refractivity (Wildman–Crippen MR) is 45.2 cm³/mol. The quantitative estimate of drug-likeness (QED) is 0.437. The molecule has 0 saturated heterocycles. The van der Waals surface area contributed by atoms with Crippen LogP contribution in [0.2, 0.25) is 0 Å². The summed E-state index contributed by atoms with van der Waals surface area (Å²) in [6.07, 6.45) is -1.54. The summed E-state index contributed by atoms with van der Waals surface area (Å²) in [6.45, 7) is 0. The number of aliphatic carboxylic acids is 2. The molecule has 0 aliphatic heterocycles. The van der Waals surface area contributed by atoms with Gasteiger partial charge in [-0.05, 0) is 12.8 Å². The molecule has 4 N–H and O–H groups in total. The van der Waals surface area contributed by atoms with Crippen LogP contribution in [0.25, 0.3) is 0 Å². The van der Waals surface area contributed by atoms with Gasteiger partial charge in [-0.3, -0.25) is 4.57 Å². The summed E-state index contributed by atoms with van der Waals surface area (Å²) in [4.78, 5) is 29.8. The molecule has 0 spiro atoms. The Morgan fingerprint density at radius 1 is 1.40 bits per heavy atom. The third-order valence-electron chi connectivity index (χ3n) is 1.89. The lowest BCUT2D eigenvalue weighted by Crippen LogP contribution is -2.50. The first-order chi connectivity index (χ1) is 6.78. The molecule has 15 heavy (non-hydrogen) atoms. The minimum Gasteiger partial charge on any atom is -0.550 e. The molecule has 0 heterocycles. The summed E-state index contributed by atoms with van der Waals surface area (Å²) in [7, 11) is -3.59. The molecule has 0 radical (unpaired) electrons. The van der Waals surface area contributed by atoms with Crippen LogP contribution in [0.5, 0.6) is 0 Å². The highest BCUT2D eigenvalue weighted by Gasteiger charge is 2.25. The number of carbonyl (C=O) groups excluding carboxylic acids is 2. The summed E-state index contributed by atoms with van der Waals surface area (Å²) in [5, 5.41) is 20.6. The predicted octanol–water partition coefficient (Wildman–Crippen LogP) is -3.65. The lowest BCUT2D eigenvalue weighted by Gasteiger charge is -2.19. The Bertz CT molecular complexity index is 291. The molecule has 0 rings (SSSR count). The third-order valence-corrected chi connectivity index (χ3v) is 3.60. The summed E-state index contributed by atoms with van der Waals surface area (Å²) in [5.74, 6) is -4.18. The van der Waals surface area contributed by atoms with Gasteiger partial charge in [0.2, 0.25) is 0 Å². The molecular formula is C7H13NO6P-. The number of hydrogen-bond donors (Lipinski definition) is 2. The third kappa shape index (κ3) is 6.22. The molecule has 8 heteroatoms. The maximum Gasteiger partial charge on any atom is 0.253 e. The number of carboxylic acid groups (broad SMARTS) is 2. The molecule has 1 unspecified atom stereocenters. The highest BCUT2D eigenvalue weighted by Crippen LogP contribution is 2.40. The van der Waals surface area contributed by atoms with Crippen LogP contribution >= 0.6 is 7.37 Å². The Morgan fingerprint density at radius 2 is 1.93 bits per heavy atom. The van der Waals surface area contributed by atoms with Gasteiger partial charge in [0.1, 0.15) is 0 Å². The van der Waals surface area contributed by atoms with E-state index in [-0.39, 0.29) is 12.7 Å². The minimum atomic E-state index is -3.59. The maximum absolute atomic E-state index is 11.2. The van der Waals surface area contributed by atoms with Crippen LogP contribution in [0.4, 0.5) is 0 Å². The van der Waals surface area contributed by atoms with Gasteiger partial charge in [-0.15, -0.1) is 0 Å². The molecule has 2 atom stereocenters. The zero-order valence-corrected chi connectivity index (χ0v) is 8.94. The second-order valence-corrected chi connectivity index (χ2v) is 5.68. The van der Waals surface area contributed by atoms with Crippen LogP contribution in [-0.4, -0.2) is 29.3 Å². The molecule has 0 amide bonds. The van der Waals surface area contributed by atoms with E-state index in [1.54, 1.807) is 0 Å². The lowest BCUT2D eigenvalue weighted by molar-refractivity contribution is -0.343. The fourth-order valence-electron chi connectivity index (χ4n) is 1.01. The van der Waals surface area contributed by atoms with E-state index >= 15 is 0 Å². The van der Waals surface area contributed by atoms with Crippen molar-refractivity contribution in [1.82, 2.24) is 0 Å². The van der Waals surface area contributed by atoms with Gasteiger partial charge in [-0.1, -0.05) is 0 Å². The van der Waals surface area contributed by atoms with Crippen LogP contribution in [0.3, 0.4) is 0 Å². The number of hydrogen-bond acceptors (Lipinski definition) is 5. The Kier molecular flexibility index (Phi) is 5.49. The lowest BCUT2D eigenvalue weighted by atomic mass is 10.1. The van der Waals surface area contributed by atoms with Gasteiger partial charge in [0.15, 0.2) is 6.29 Å². The normalized spacial score (nSPS) is 16.7. The van der Waals surface area contributed by atoms with Crippen molar-refractivity contribution in [2.75, 3.05) is 12.4 Å². The van der Waals surface area contributed by atoms with E-state index in [1.807, 2.05) is 0 Å². The summed E-state index contributed by atoms with van der Waals surface area (Å²) in [5.41, 5.74) is 3.21. The second kappa shape index (κ2) is 5.85. The van der Waals surface area contributed by atoms with Crippen molar-refractivity contribution in [1.29, 1.82) is 0 Å². The first-order valence-corrected chi connectivity index (χ1v) is 6.32. The van der Waals surface area contributed by atoms with Crippen LogP contribution in [-0.2, 0) is 14.2 Å². The average molecular weight is 238 g/mol. The Balaban J connectivity index is 4.35. The molecule has 0 aliphatic rings. The van der Waals surface area contributed by atoms with Gasteiger partial charge in [0, 0.05) is 24.0 Å². The standard InChI is InChI=1S/C7H14NO6P/c8-4-15(13,14)3-5(7(11)12)1-2-6(9)10/h5H,1-4,8H2,(H,9,10)(H,11,12)(H,13,14)/p-1/t5-/m0/s1. The van der Waals surface area contributed by atoms with Crippen molar-refractivity contribution in [2.45, 2.75) is 12.8 Å². The zero-order valence-electron chi connectivity index (χ0n) is 8.05. The highest BCUT2D eigenvalue weighted by atomic mass is 31.2. The Labute approximate surface area is 86.4 Å². The molecule has 0 aliphatic carbocycles. The Morgan fingerprint density at radius 3 is 2.27 bits per heavy atom. The smallest absolute Gasteiger partial charge is 0.253 e. The first kappa shape index (κ1) is 14.1. The van der Waals surface area contributed by atoms with E-state index in [9.17, 15) is 24.4 Å². The molecule has 0 saturated carbocycles. The van der Waals surface area contributed by atoms with E-state index in [1.165, 1.54) is 0 Å². The maximum atomic E-state index is 11.2. The van der Waals surface area contributed by atoms with Gasteiger partial charge < -0.3 is 30.4 Å². The summed E-state index contributed by atoms with van der Waals surface area (Å²) in [6, 6.07) is 0. The van der Waals surface area contributed by atoms with Crippen molar-refractivity contribution in [3.8, 4) is 0 Å². The molecule has 7 nitrogen and oxygen atoms in total. The molecule has 88 valence electrons. The molecule has 0 aromatic heterocycles. The van der Waals surface area contributed by atoms with Crippen LogP contribution in [0.1, 0.15) is 12.8 Å². The van der Waals surface area contributed by atoms with Crippen molar-refractivity contribution < 1.29 is 35.0 Å². The number of carbonyl (C=O) groups is 2. The number of carboxylic acids is 2. The van der Waals surface area contributed by atoms with Crippen molar-refractivity contribution in [3.05, 3.63) is 0 Å². The largest absolute Gasteiger partial charge is 0.550 e. The molecule has 0 fully saturated rings. The molecule has 0 aromatic rings.